The highest BCUT2D eigenvalue weighted by Gasteiger charge is 2.27. The van der Waals surface area contributed by atoms with Gasteiger partial charge >= 0.3 is 0 Å². The number of halogens is 1. The van der Waals surface area contributed by atoms with Crippen LogP contribution in [0.1, 0.15) is 37.8 Å². The molecule has 1 unspecified atom stereocenters. The fourth-order valence-electron chi connectivity index (χ4n) is 2.79. The van der Waals surface area contributed by atoms with Gasteiger partial charge < -0.3 is 15.0 Å². The van der Waals surface area contributed by atoms with Crippen LogP contribution in [0.3, 0.4) is 0 Å². The van der Waals surface area contributed by atoms with Crippen LogP contribution in [0.15, 0.2) is 48.5 Å². The summed E-state index contributed by atoms with van der Waals surface area (Å²) < 4.78 is 19.7. The first-order valence-corrected chi connectivity index (χ1v) is 9.92. The minimum atomic E-state index is -0.749. The maximum Gasteiger partial charge on any atom is 0.261 e. The molecule has 0 spiro atoms. The molecular weight excluding hydrogens is 371 g/mol. The normalized spacial score (nSPS) is 11.6. The van der Waals surface area contributed by atoms with Crippen molar-refractivity contribution >= 4 is 11.8 Å². The topological polar surface area (TPSA) is 58.6 Å². The number of rotatable bonds is 10. The smallest absolute Gasteiger partial charge is 0.261 e. The molecule has 0 aliphatic rings. The van der Waals surface area contributed by atoms with Crippen molar-refractivity contribution in [2.45, 2.75) is 46.2 Å². The molecule has 156 valence electrons. The summed E-state index contributed by atoms with van der Waals surface area (Å²) in [6.07, 6.45) is 1.81. The van der Waals surface area contributed by atoms with Gasteiger partial charge in [-0.25, -0.2) is 4.39 Å². The van der Waals surface area contributed by atoms with E-state index in [4.69, 9.17) is 4.74 Å². The number of amides is 2. The number of hydrogen-bond acceptors (Lipinski definition) is 3. The lowest BCUT2D eigenvalue weighted by molar-refractivity contribution is -0.142. The first-order chi connectivity index (χ1) is 13.9. The fraction of sp³-hybridized carbons (Fsp3) is 0.391. The van der Waals surface area contributed by atoms with Crippen LogP contribution in [0.5, 0.6) is 5.75 Å². The van der Waals surface area contributed by atoms with Crippen LogP contribution >= 0.6 is 0 Å². The number of ether oxygens (including phenoxy) is 1. The molecule has 2 amide bonds. The predicted octanol–water partition coefficient (Wildman–Crippen LogP) is 3.85. The van der Waals surface area contributed by atoms with Gasteiger partial charge in [0.15, 0.2) is 6.61 Å². The molecule has 0 radical (unpaired) electrons. The van der Waals surface area contributed by atoms with Crippen LogP contribution in [0.25, 0.3) is 0 Å². The standard InChI is InChI=1S/C23H29FN2O3/c1-4-5-14-25-23(28)18(3)26(15-19-8-6-7-9-21(19)24)22(27)16-29-20-12-10-17(2)11-13-20/h6-13,18H,4-5,14-16H2,1-3H3,(H,25,28). The van der Waals surface area contributed by atoms with Crippen LogP contribution in [-0.2, 0) is 16.1 Å². The summed E-state index contributed by atoms with van der Waals surface area (Å²) in [5, 5.41) is 2.83. The zero-order valence-electron chi connectivity index (χ0n) is 17.3. The molecule has 0 heterocycles. The van der Waals surface area contributed by atoms with Crippen LogP contribution < -0.4 is 10.1 Å². The summed E-state index contributed by atoms with van der Waals surface area (Å²) in [5.41, 5.74) is 1.44. The van der Waals surface area contributed by atoms with Gasteiger partial charge in [-0.3, -0.25) is 9.59 Å². The Morgan fingerprint density at radius 3 is 2.48 bits per heavy atom. The Morgan fingerprint density at radius 2 is 1.83 bits per heavy atom. The molecule has 0 bridgehead atoms. The summed E-state index contributed by atoms with van der Waals surface area (Å²) in [4.78, 5) is 26.7. The second-order valence-corrected chi connectivity index (χ2v) is 7.04. The molecule has 5 nitrogen and oxygen atoms in total. The maximum absolute atomic E-state index is 14.1. The van der Waals surface area contributed by atoms with Gasteiger partial charge in [-0.1, -0.05) is 49.2 Å². The molecule has 0 fully saturated rings. The maximum atomic E-state index is 14.1. The average Bonchev–Trinajstić information content (AvgIpc) is 2.72. The van der Waals surface area contributed by atoms with E-state index in [0.717, 1.165) is 18.4 Å². The molecule has 1 atom stereocenters. The Labute approximate surface area is 171 Å². The first kappa shape index (κ1) is 22.4. The molecular formula is C23H29FN2O3. The van der Waals surface area contributed by atoms with Crippen molar-refractivity contribution in [3.63, 3.8) is 0 Å². The molecule has 2 rings (SSSR count). The van der Waals surface area contributed by atoms with E-state index in [9.17, 15) is 14.0 Å². The summed E-state index contributed by atoms with van der Waals surface area (Å²) in [7, 11) is 0. The molecule has 2 aromatic carbocycles. The third-order valence-corrected chi connectivity index (χ3v) is 4.68. The van der Waals surface area contributed by atoms with Crippen LogP contribution in [0.4, 0.5) is 4.39 Å². The van der Waals surface area contributed by atoms with Crippen molar-refractivity contribution in [2.24, 2.45) is 0 Å². The number of nitrogens with one attached hydrogen (secondary N) is 1. The summed E-state index contributed by atoms with van der Waals surface area (Å²) in [5.74, 6) is -0.497. The van der Waals surface area contributed by atoms with Gasteiger partial charge in [0.2, 0.25) is 5.91 Å². The SMILES string of the molecule is CCCCNC(=O)C(C)N(Cc1ccccc1F)C(=O)COc1ccc(C)cc1. The summed E-state index contributed by atoms with van der Waals surface area (Å²) in [6, 6.07) is 12.8. The summed E-state index contributed by atoms with van der Waals surface area (Å²) in [6.45, 7) is 5.94. The highest BCUT2D eigenvalue weighted by Crippen LogP contribution is 2.15. The number of hydrogen-bond donors (Lipinski definition) is 1. The Hall–Kier alpha value is -2.89. The van der Waals surface area contributed by atoms with Crippen LogP contribution in [0.2, 0.25) is 0 Å². The zero-order chi connectivity index (χ0) is 21.2. The van der Waals surface area contributed by atoms with Gasteiger partial charge in [0, 0.05) is 18.7 Å². The van der Waals surface area contributed by atoms with Crippen LogP contribution in [-0.4, -0.2) is 35.9 Å². The first-order valence-electron chi connectivity index (χ1n) is 9.92. The van der Waals surface area contributed by atoms with E-state index in [1.807, 2.05) is 26.0 Å². The molecule has 6 heteroatoms. The van der Waals surface area contributed by atoms with Crippen molar-refractivity contribution in [3.05, 3.63) is 65.5 Å². The molecule has 0 aliphatic heterocycles. The summed E-state index contributed by atoms with van der Waals surface area (Å²) >= 11 is 0. The Morgan fingerprint density at radius 1 is 1.14 bits per heavy atom. The molecule has 0 saturated carbocycles. The van der Waals surface area contributed by atoms with Gasteiger partial charge in [-0.15, -0.1) is 0 Å². The molecule has 0 saturated heterocycles. The highest BCUT2D eigenvalue weighted by molar-refractivity contribution is 5.87. The zero-order valence-corrected chi connectivity index (χ0v) is 17.3. The van der Waals surface area contributed by atoms with E-state index in [2.05, 4.69) is 5.32 Å². The number of benzene rings is 2. The van der Waals surface area contributed by atoms with Crippen molar-refractivity contribution in [3.8, 4) is 5.75 Å². The van der Waals surface area contributed by atoms with E-state index in [-0.39, 0.29) is 25.0 Å². The molecule has 29 heavy (non-hydrogen) atoms. The van der Waals surface area contributed by atoms with Gasteiger partial charge in [0.25, 0.3) is 5.91 Å². The number of unbranched alkanes of at least 4 members (excludes halogenated alkanes) is 1. The number of aryl methyl sites for hydroxylation is 1. The molecule has 2 aromatic rings. The largest absolute Gasteiger partial charge is 0.484 e. The second kappa shape index (κ2) is 11.2. The Kier molecular flexibility index (Phi) is 8.65. The Balaban J connectivity index is 2.11. The van der Waals surface area contributed by atoms with E-state index >= 15 is 0 Å². The van der Waals surface area contributed by atoms with Crippen molar-refractivity contribution in [1.82, 2.24) is 10.2 Å². The number of carbonyl (C=O) groups excluding carboxylic acids is 2. The van der Waals surface area contributed by atoms with Gasteiger partial charge in [0.05, 0.1) is 0 Å². The van der Waals surface area contributed by atoms with E-state index < -0.39 is 11.9 Å². The van der Waals surface area contributed by atoms with Gasteiger partial charge in [-0.2, -0.15) is 0 Å². The average molecular weight is 400 g/mol. The van der Waals surface area contributed by atoms with E-state index in [0.29, 0.717) is 17.9 Å². The molecule has 0 aromatic heterocycles. The minimum absolute atomic E-state index is 0.00880. The third kappa shape index (κ3) is 6.89. The lowest BCUT2D eigenvalue weighted by atomic mass is 10.1. The monoisotopic (exact) mass is 400 g/mol. The quantitative estimate of drug-likeness (QED) is 0.617. The van der Waals surface area contributed by atoms with E-state index in [1.165, 1.54) is 11.0 Å². The number of nitrogens with zero attached hydrogens (tertiary/aromatic N) is 1. The lowest BCUT2D eigenvalue weighted by Gasteiger charge is -2.29. The van der Waals surface area contributed by atoms with Crippen molar-refractivity contribution < 1.29 is 18.7 Å². The predicted molar refractivity (Wildman–Crippen MR) is 111 cm³/mol. The molecule has 1 N–H and O–H groups in total. The van der Waals surface area contributed by atoms with E-state index in [1.54, 1.807) is 37.3 Å². The van der Waals surface area contributed by atoms with Crippen molar-refractivity contribution in [2.75, 3.05) is 13.2 Å². The second-order valence-electron chi connectivity index (χ2n) is 7.04. The fourth-order valence-corrected chi connectivity index (χ4v) is 2.79. The third-order valence-electron chi connectivity index (χ3n) is 4.68. The van der Waals surface area contributed by atoms with Crippen molar-refractivity contribution in [1.29, 1.82) is 0 Å². The molecule has 0 aliphatic carbocycles. The van der Waals surface area contributed by atoms with Gasteiger partial charge in [0.1, 0.15) is 17.6 Å². The lowest BCUT2D eigenvalue weighted by Crippen LogP contribution is -2.49. The minimum Gasteiger partial charge on any atom is -0.484 e. The number of carbonyl (C=O) groups is 2. The van der Waals surface area contributed by atoms with Crippen LogP contribution in [0, 0.1) is 12.7 Å². The Bertz CT molecular complexity index is 808. The highest BCUT2D eigenvalue weighted by atomic mass is 19.1. The van der Waals surface area contributed by atoms with Gasteiger partial charge in [-0.05, 0) is 38.5 Å².